The molecule has 9 heteroatoms. The quantitative estimate of drug-likeness (QED) is 0.181. The lowest BCUT2D eigenvalue weighted by atomic mass is 10.0. The Bertz CT molecular complexity index is 1760. The van der Waals surface area contributed by atoms with Gasteiger partial charge in [-0.3, -0.25) is 13.9 Å². The molecule has 0 saturated heterocycles. The van der Waals surface area contributed by atoms with Gasteiger partial charge in [0.2, 0.25) is 11.8 Å². The van der Waals surface area contributed by atoms with E-state index in [-0.39, 0.29) is 29.8 Å². The minimum absolute atomic E-state index is 0.0470. The number of nitrogens with one attached hydrogen (secondary N) is 1. The molecule has 1 N–H and O–H groups in total. The topological polar surface area (TPSA) is 86.8 Å². The number of amides is 2. The van der Waals surface area contributed by atoms with Gasteiger partial charge in [0, 0.05) is 24.0 Å². The van der Waals surface area contributed by atoms with E-state index in [0.29, 0.717) is 16.3 Å². The Balaban J connectivity index is 1.59. The molecule has 5 rings (SSSR count). The van der Waals surface area contributed by atoms with Crippen LogP contribution in [0.5, 0.6) is 0 Å². The molecule has 0 bridgehead atoms. The minimum Gasteiger partial charge on any atom is -0.352 e. The molecule has 1 aliphatic carbocycles. The summed E-state index contributed by atoms with van der Waals surface area (Å²) in [5, 5.41) is 3.59. The third-order valence-corrected chi connectivity index (χ3v) is 10.7. The SMILES string of the molecule is Cc1cccc(CN(C(=O)CN(c2cccc(Cl)c2C)S(=O)(=O)c2ccccc2)C(Cc2ccccc2)C(=O)NC2CCCC2)c1. The Labute approximate surface area is 277 Å². The second-order valence-electron chi connectivity index (χ2n) is 11.9. The summed E-state index contributed by atoms with van der Waals surface area (Å²) >= 11 is 6.47. The number of hydrogen-bond donors (Lipinski definition) is 1. The Hall–Kier alpha value is -4.14. The monoisotopic (exact) mass is 657 g/mol. The highest BCUT2D eigenvalue weighted by molar-refractivity contribution is 7.92. The average Bonchev–Trinajstić information content (AvgIpc) is 3.57. The molecule has 1 fully saturated rings. The molecular weight excluding hydrogens is 618 g/mol. The van der Waals surface area contributed by atoms with Crippen molar-refractivity contribution in [3.8, 4) is 0 Å². The molecule has 240 valence electrons. The molecule has 1 atom stereocenters. The van der Waals surface area contributed by atoms with Crippen LogP contribution in [-0.4, -0.2) is 43.8 Å². The van der Waals surface area contributed by atoms with Crippen molar-refractivity contribution < 1.29 is 18.0 Å². The molecule has 0 heterocycles. The number of carbonyl (C=O) groups excluding carboxylic acids is 2. The van der Waals surface area contributed by atoms with Crippen molar-refractivity contribution >= 4 is 39.1 Å². The Kier molecular flexibility index (Phi) is 10.8. The molecule has 1 aliphatic rings. The average molecular weight is 658 g/mol. The molecule has 46 heavy (non-hydrogen) atoms. The van der Waals surface area contributed by atoms with E-state index in [1.54, 1.807) is 48.2 Å². The van der Waals surface area contributed by atoms with Crippen molar-refractivity contribution in [3.05, 3.63) is 130 Å². The highest BCUT2D eigenvalue weighted by Gasteiger charge is 2.36. The fourth-order valence-electron chi connectivity index (χ4n) is 6.03. The summed E-state index contributed by atoms with van der Waals surface area (Å²) in [5.41, 5.74) is 3.59. The van der Waals surface area contributed by atoms with Crippen LogP contribution in [0.3, 0.4) is 0 Å². The van der Waals surface area contributed by atoms with E-state index in [4.69, 9.17) is 11.6 Å². The van der Waals surface area contributed by atoms with Crippen molar-refractivity contribution in [3.63, 3.8) is 0 Å². The van der Waals surface area contributed by atoms with Crippen molar-refractivity contribution in [1.82, 2.24) is 10.2 Å². The number of halogens is 1. The van der Waals surface area contributed by atoms with Gasteiger partial charge in [-0.1, -0.05) is 109 Å². The van der Waals surface area contributed by atoms with Gasteiger partial charge in [0.1, 0.15) is 12.6 Å². The molecule has 0 radical (unpaired) electrons. The molecule has 7 nitrogen and oxygen atoms in total. The van der Waals surface area contributed by atoms with Gasteiger partial charge in [-0.25, -0.2) is 8.42 Å². The summed E-state index contributed by atoms with van der Waals surface area (Å²) in [6, 6.07) is 29.6. The van der Waals surface area contributed by atoms with E-state index in [1.165, 1.54) is 12.1 Å². The maximum atomic E-state index is 14.7. The second-order valence-corrected chi connectivity index (χ2v) is 14.2. The summed E-state index contributed by atoms with van der Waals surface area (Å²) in [7, 11) is -4.20. The van der Waals surface area contributed by atoms with Gasteiger partial charge in [0.05, 0.1) is 10.6 Å². The third-order valence-electron chi connectivity index (χ3n) is 8.53. The number of sulfonamides is 1. The number of rotatable bonds is 12. The van der Waals surface area contributed by atoms with Crippen molar-refractivity contribution in [1.29, 1.82) is 0 Å². The van der Waals surface area contributed by atoms with Crippen molar-refractivity contribution in [2.45, 2.75) is 69.5 Å². The smallest absolute Gasteiger partial charge is 0.264 e. The van der Waals surface area contributed by atoms with Gasteiger partial charge >= 0.3 is 0 Å². The molecule has 0 aliphatic heterocycles. The summed E-state index contributed by atoms with van der Waals surface area (Å²) < 4.78 is 29.5. The summed E-state index contributed by atoms with van der Waals surface area (Å²) in [6.45, 7) is 3.31. The second kappa shape index (κ2) is 15.0. The van der Waals surface area contributed by atoms with Gasteiger partial charge in [0.15, 0.2) is 0 Å². The van der Waals surface area contributed by atoms with E-state index in [1.807, 2.05) is 61.5 Å². The lowest BCUT2D eigenvalue weighted by Gasteiger charge is -2.34. The Morgan fingerprint density at radius 3 is 2.15 bits per heavy atom. The van der Waals surface area contributed by atoms with E-state index >= 15 is 0 Å². The molecule has 4 aromatic carbocycles. The molecule has 4 aromatic rings. The van der Waals surface area contributed by atoms with Crippen LogP contribution in [0.1, 0.15) is 47.9 Å². The van der Waals surface area contributed by atoms with Crippen LogP contribution >= 0.6 is 11.6 Å². The fraction of sp³-hybridized carbons (Fsp3) is 0.297. The molecule has 0 aromatic heterocycles. The van der Waals surface area contributed by atoms with Gasteiger partial charge in [-0.05, 0) is 67.6 Å². The number of benzene rings is 4. The van der Waals surface area contributed by atoms with E-state index < -0.39 is 28.5 Å². The third kappa shape index (κ3) is 7.98. The van der Waals surface area contributed by atoms with E-state index in [0.717, 1.165) is 46.7 Å². The largest absolute Gasteiger partial charge is 0.352 e. The Morgan fingerprint density at radius 1 is 0.848 bits per heavy atom. The highest BCUT2D eigenvalue weighted by atomic mass is 35.5. The van der Waals surface area contributed by atoms with Crippen LogP contribution in [0, 0.1) is 13.8 Å². The number of carbonyl (C=O) groups is 2. The van der Waals surface area contributed by atoms with E-state index in [2.05, 4.69) is 5.32 Å². The highest BCUT2D eigenvalue weighted by Crippen LogP contribution is 2.31. The number of anilines is 1. The first-order valence-electron chi connectivity index (χ1n) is 15.7. The predicted octanol–water partition coefficient (Wildman–Crippen LogP) is 6.85. The van der Waals surface area contributed by atoms with Crippen LogP contribution in [0.2, 0.25) is 5.02 Å². The zero-order valence-corrected chi connectivity index (χ0v) is 27.8. The van der Waals surface area contributed by atoms with Gasteiger partial charge in [0.25, 0.3) is 10.0 Å². The first-order valence-corrected chi connectivity index (χ1v) is 17.5. The maximum Gasteiger partial charge on any atom is 0.264 e. The normalized spacial score (nSPS) is 14.1. The minimum atomic E-state index is -4.20. The fourth-order valence-corrected chi connectivity index (χ4v) is 7.69. The summed E-state index contributed by atoms with van der Waals surface area (Å²) in [6.07, 6.45) is 4.16. The van der Waals surface area contributed by atoms with Gasteiger partial charge < -0.3 is 10.2 Å². The van der Waals surface area contributed by atoms with Crippen LogP contribution in [0.25, 0.3) is 0 Å². The Morgan fingerprint density at radius 2 is 1.48 bits per heavy atom. The summed E-state index contributed by atoms with van der Waals surface area (Å²) in [4.78, 5) is 30.4. The number of aryl methyl sites for hydroxylation is 1. The zero-order chi connectivity index (χ0) is 32.7. The number of nitrogens with zero attached hydrogens (tertiary/aromatic N) is 2. The zero-order valence-electron chi connectivity index (χ0n) is 26.2. The van der Waals surface area contributed by atoms with Crippen LogP contribution < -0.4 is 9.62 Å². The first-order chi connectivity index (χ1) is 22.1. The van der Waals surface area contributed by atoms with Crippen LogP contribution in [0.4, 0.5) is 5.69 Å². The standard InChI is InChI=1S/C37H40ClN3O4S/c1-27-13-11-16-30(23-27)25-40(35(24-29-14-5-3-6-15-29)37(43)39-31-17-9-10-18-31)36(42)26-41(34-22-12-21-33(38)28(34)2)46(44,45)32-19-7-4-8-20-32/h3-8,11-16,19-23,31,35H,9-10,17-18,24-26H2,1-2H3,(H,39,43). The molecule has 1 saturated carbocycles. The lowest BCUT2D eigenvalue weighted by molar-refractivity contribution is -0.140. The van der Waals surface area contributed by atoms with Gasteiger partial charge in [-0.15, -0.1) is 0 Å². The lowest BCUT2D eigenvalue weighted by Crippen LogP contribution is -2.54. The first kappa shape index (κ1) is 33.2. The van der Waals surface area contributed by atoms with E-state index in [9.17, 15) is 18.0 Å². The summed E-state index contributed by atoms with van der Waals surface area (Å²) in [5.74, 6) is -0.740. The molecular formula is C37H40ClN3O4S. The van der Waals surface area contributed by atoms with Crippen LogP contribution in [0.15, 0.2) is 108 Å². The molecule has 0 spiro atoms. The number of hydrogen-bond acceptors (Lipinski definition) is 4. The van der Waals surface area contributed by atoms with Gasteiger partial charge in [-0.2, -0.15) is 0 Å². The van der Waals surface area contributed by atoms with Crippen LogP contribution in [-0.2, 0) is 32.6 Å². The molecule has 1 unspecified atom stereocenters. The molecule has 2 amide bonds. The maximum absolute atomic E-state index is 14.7. The predicted molar refractivity (Wildman–Crippen MR) is 183 cm³/mol. The van der Waals surface area contributed by atoms with Crippen molar-refractivity contribution in [2.75, 3.05) is 10.8 Å². The van der Waals surface area contributed by atoms with Crippen molar-refractivity contribution in [2.24, 2.45) is 0 Å².